The summed E-state index contributed by atoms with van der Waals surface area (Å²) in [5.41, 5.74) is 3.52. The first-order valence-electron chi connectivity index (χ1n) is 11.1. The number of pyridine rings is 2. The number of aromatic nitrogens is 2. The number of nitrogens with zero attached hydrogens (tertiary/aromatic N) is 2. The maximum Gasteiger partial charge on any atom is 0.258 e. The van der Waals surface area contributed by atoms with Crippen LogP contribution in [-0.2, 0) is 18.3 Å². The van der Waals surface area contributed by atoms with Crippen molar-refractivity contribution < 1.29 is 15.0 Å². The fraction of sp³-hybridized carbons (Fsp3) is 0.276. The molecule has 0 unspecified atom stereocenters. The molecule has 0 radical (unpaired) electrons. The minimum absolute atomic E-state index is 0.111. The molecule has 7 heteroatoms. The van der Waals surface area contributed by atoms with Crippen molar-refractivity contribution in [2.24, 2.45) is 7.05 Å². The Balaban J connectivity index is 0.000000634. The molecule has 4 rings (SSSR count). The SMILES string of the molecule is C#C.CC(C)(C)O.CO.Cc1ccc2c(-c3ccc(Cl)c4cccnc34)c(CC=O)n(C)c(=O)c2c1. The monoisotopic (exact) mass is 508 g/mol. The Morgan fingerprint density at radius 1 is 1.06 bits per heavy atom. The number of halogens is 1. The van der Waals surface area contributed by atoms with Crippen LogP contribution in [0.4, 0.5) is 0 Å². The Hall–Kier alpha value is -3.50. The van der Waals surface area contributed by atoms with Gasteiger partial charge in [-0.2, -0.15) is 0 Å². The summed E-state index contributed by atoms with van der Waals surface area (Å²) in [4.78, 5) is 28.8. The second-order valence-electron chi connectivity index (χ2n) is 8.77. The summed E-state index contributed by atoms with van der Waals surface area (Å²) in [6.07, 6.45) is 10.7. The van der Waals surface area contributed by atoms with Gasteiger partial charge < -0.3 is 19.6 Å². The van der Waals surface area contributed by atoms with Gasteiger partial charge in [-0.15, -0.1) is 12.8 Å². The smallest absolute Gasteiger partial charge is 0.258 e. The number of aryl methyl sites for hydroxylation is 1. The van der Waals surface area contributed by atoms with Gasteiger partial charge >= 0.3 is 0 Å². The summed E-state index contributed by atoms with van der Waals surface area (Å²) in [6.45, 7) is 7.18. The number of carbonyl (C=O) groups is 1. The fourth-order valence-electron chi connectivity index (χ4n) is 3.64. The summed E-state index contributed by atoms with van der Waals surface area (Å²) in [5, 5.41) is 18.4. The highest BCUT2D eigenvalue weighted by molar-refractivity contribution is 6.36. The van der Waals surface area contributed by atoms with Crippen LogP contribution < -0.4 is 5.56 Å². The molecule has 190 valence electrons. The van der Waals surface area contributed by atoms with Gasteiger partial charge in [0.2, 0.25) is 0 Å². The zero-order chi connectivity index (χ0) is 27.6. The molecule has 6 nitrogen and oxygen atoms in total. The normalized spacial score (nSPS) is 10.3. The van der Waals surface area contributed by atoms with E-state index in [1.54, 1.807) is 38.6 Å². The molecule has 0 aliphatic rings. The molecule has 0 amide bonds. The molecule has 2 aromatic carbocycles. The molecular weight excluding hydrogens is 476 g/mol. The Morgan fingerprint density at radius 2 is 1.67 bits per heavy atom. The molecule has 36 heavy (non-hydrogen) atoms. The summed E-state index contributed by atoms with van der Waals surface area (Å²) >= 11 is 6.36. The largest absolute Gasteiger partial charge is 0.400 e. The molecule has 0 aliphatic heterocycles. The van der Waals surface area contributed by atoms with E-state index in [4.69, 9.17) is 21.8 Å². The van der Waals surface area contributed by atoms with E-state index in [-0.39, 0.29) is 12.0 Å². The second-order valence-corrected chi connectivity index (χ2v) is 9.18. The van der Waals surface area contributed by atoms with Crippen LogP contribution in [0.1, 0.15) is 32.0 Å². The topological polar surface area (TPSA) is 92.4 Å². The van der Waals surface area contributed by atoms with E-state index in [1.807, 2.05) is 49.4 Å². The fourth-order valence-corrected chi connectivity index (χ4v) is 3.85. The van der Waals surface area contributed by atoms with Crippen molar-refractivity contribution in [2.75, 3.05) is 7.11 Å². The molecule has 4 aromatic rings. The number of hydrogen-bond acceptors (Lipinski definition) is 5. The first-order chi connectivity index (χ1) is 17.0. The van der Waals surface area contributed by atoms with E-state index in [9.17, 15) is 9.59 Å². The number of terminal acetylenes is 1. The van der Waals surface area contributed by atoms with E-state index >= 15 is 0 Å². The van der Waals surface area contributed by atoms with Crippen LogP contribution in [0, 0.1) is 19.8 Å². The first-order valence-corrected chi connectivity index (χ1v) is 11.5. The summed E-state index contributed by atoms with van der Waals surface area (Å²) in [5.74, 6) is 0. The molecular formula is C29H33ClN2O4. The Bertz CT molecular complexity index is 1410. The van der Waals surface area contributed by atoms with Gasteiger partial charge in [0.15, 0.2) is 0 Å². The Labute approximate surface area is 217 Å². The molecule has 2 N–H and O–H groups in total. The summed E-state index contributed by atoms with van der Waals surface area (Å²) in [7, 11) is 2.71. The molecule has 0 saturated heterocycles. The number of benzene rings is 2. The number of aliphatic hydroxyl groups excluding tert-OH is 1. The molecule has 0 aliphatic carbocycles. The highest BCUT2D eigenvalue weighted by Crippen LogP contribution is 2.37. The number of aldehydes is 1. The van der Waals surface area contributed by atoms with Crippen molar-refractivity contribution >= 4 is 39.6 Å². The van der Waals surface area contributed by atoms with Crippen LogP contribution in [0.3, 0.4) is 0 Å². The van der Waals surface area contributed by atoms with Crippen LogP contribution in [0.5, 0.6) is 0 Å². The Kier molecular flexibility index (Phi) is 11.5. The van der Waals surface area contributed by atoms with Crippen molar-refractivity contribution in [1.82, 2.24) is 9.55 Å². The lowest BCUT2D eigenvalue weighted by atomic mass is 9.93. The van der Waals surface area contributed by atoms with Gasteiger partial charge in [-0.05, 0) is 57.3 Å². The highest BCUT2D eigenvalue weighted by Gasteiger charge is 2.19. The van der Waals surface area contributed by atoms with Gasteiger partial charge in [-0.1, -0.05) is 35.4 Å². The molecule has 2 aromatic heterocycles. The molecule has 0 fully saturated rings. The first kappa shape index (κ1) is 30.5. The molecule has 0 saturated carbocycles. The van der Waals surface area contributed by atoms with Crippen molar-refractivity contribution in [2.45, 2.75) is 39.7 Å². The maximum absolute atomic E-state index is 12.9. The van der Waals surface area contributed by atoms with E-state index in [0.29, 0.717) is 16.1 Å². The number of rotatable bonds is 3. The van der Waals surface area contributed by atoms with Gasteiger partial charge in [0.1, 0.15) is 6.29 Å². The van der Waals surface area contributed by atoms with Crippen molar-refractivity contribution in [3.63, 3.8) is 0 Å². The Morgan fingerprint density at radius 3 is 2.25 bits per heavy atom. The van der Waals surface area contributed by atoms with Crippen molar-refractivity contribution in [3.8, 4) is 24.0 Å². The third-order valence-electron chi connectivity index (χ3n) is 4.94. The number of hydrogen-bond donors (Lipinski definition) is 2. The molecule has 2 heterocycles. The van der Waals surface area contributed by atoms with Crippen LogP contribution in [0.2, 0.25) is 5.02 Å². The number of fused-ring (bicyclic) bond motifs is 2. The van der Waals surface area contributed by atoms with Crippen LogP contribution in [-0.4, -0.2) is 38.8 Å². The maximum atomic E-state index is 12.9. The van der Waals surface area contributed by atoms with Gasteiger partial charge in [0.05, 0.1) is 16.1 Å². The number of carbonyl (C=O) groups excluding carboxylic acids is 1. The van der Waals surface area contributed by atoms with Gasteiger partial charge in [0.25, 0.3) is 5.56 Å². The minimum Gasteiger partial charge on any atom is -0.400 e. The van der Waals surface area contributed by atoms with Crippen LogP contribution in [0.15, 0.2) is 53.5 Å². The lowest BCUT2D eigenvalue weighted by Gasteiger charge is -2.18. The third kappa shape index (κ3) is 7.25. The minimum atomic E-state index is -0.500. The van der Waals surface area contributed by atoms with E-state index in [1.165, 1.54) is 0 Å². The summed E-state index contributed by atoms with van der Waals surface area (Å²) < 4.78 is 1.56. The van der Waals surface area contributed by atoms with Crippen LogP contribution in [0.25, 0.3) is 32.8 Å². The summed E-state index contributed by atoms with van der Waals surface area (Å²) in [6, 6.07) is 13.3. The average molecular weight is 509 g/mol. The van der Waals surface area contributed by atoms with Crippen molar-refractivity contribution in [3.05, 3.63) is 75.3 Å². The van der Waals surface area contributed by atoms with E-state index in [2.05, 4.69) is 17.8 Å². The zero-order valence-corrected chi connectivity index (χ0v) is 22.3. The van der Waals surface area contributed by atoms with Gasteiger partial charge in [0, 0.05) is 54.4 Å². The molecule has 0 spiro atoms. The average Bonchev–Trinajstić information content (AvgIpc) is 2.85. The standard InChI is InChI=1S/C22H17ClN2O2.C4H10O.C2H2.CH4O/c1-13-5-6-14-17(12-13)22(27)25(2)19(9-11-26)20(14)16-7-8-18(23)15-4-3-10-24-21(15)16;1-4(2,3)5;2*1-2/h3-8,10-12H,9H2,1-2H3;5H,1-3H3;1-2H;2H,1H3. The predicted octanol–water partition coefficient (Wildman–Crippen LogP) is 5.09. The van der Waals surface area contributed by atoms with E-state index < -0.39 is 5.60 Å². The lowest BCUT2D eigenvalue weighted by Crippen LogP contribution is -2.22. The number of aliphatic hydroxyl groups is 2. The van der Waals surface area contributed by atoms with Crippen LogP contribution >= 0.6 is 11.6 Å². The van der Waals surface area contributed by atoms with Gasteiger partial charge in [-0.25, -0.2) is 0 Å². The van der Waals surface area contributed by atoms with Crippen molar-refractivity contribution in [1.29, 1.82) is 0 Å². The van der Waals surface area contributed by atoms with Gasteiger partial charge in [-0.3, -0.25) is 9.78 Å². The zero-order valence-electron chi connectivity index (χ0n) is 21.5. The lowest BCUT2D eigenvalue weighted by molar-refractivity contribution is -0.107. The molecule has 0 bridgehead atoms. The third-order valence-corrected chi connectivity index (χ3v) is 5.26. The highest BCUT2D eigenvalue weighted by atomic mass is 35.5. The quantitative estimate of drug-likeness (QED) is 0.297. The van der Waals surface area contributed by atoms with E-state index in [0.717, 1.165) is 46.4 Å². The predicted molar refractivity (Wildman–Crippen MR) is 149 cm³/mol. The molecule has 0 atom stereocenters. The second kappa shape index (κ2) is 13.6.